The molecule has 0 aliphatic heterocycles. The van der Waals surface area contributed by atoms with Crippen LogP contribution in [0.15, 0.2) is 21.7 Å². The molecule has 0 bridgehead atoms. The summed E-state index contributed by atoms with van der Waals surface area (Å²) in [5.74, 6) is -2.21. The number of likely N-dealkylation sites (N-methyl/N-ethyl adjacent to an activating group) is 1. The molecule has 0 unspecified atom stereocenters. The Morgan fingerprint density at radius 2 is 2.15 bits per heavy atom. The van der Waals surface area contributed by atoms with Crippen LogP contribution >= 0.6 is 11.3 Å². The van der Waals surface area contributed by atoms with E-state index in [-0.39, 0.29) is 4.21 Å². The van der Waals surface area contributed by atoms with Crippen molar-refractivity contribution in [2.24, 2.45) is 0 Å². The van der Waals surface area contributed by atoms with E-state index in [4.69, 9.17) is 10.2 Å². The maximum absolute atomic E-state index is 12.0. The van der Waals surface area contributed by atoms with Crippen molar-refractivity contribution >= 4 is 33.2 Å². The molecule has 1 amide bonds. The lowest BCUT2D eigenvalue weighted by Crippen LogP contribution is -2.47. The minimum atomic E-state index is -3.77. The average Bonchev–Trinajstić information content (AvgIpc) is 2.89. The molecule has 1 rings (SSSR count). The van der Waals surface area contributed by atoms with Gasteiger partial charge in [-0.1, -0.05) is 6.07 Å². The van der Waals surface area contributed by atoms with Crippen LogP contribution in [-0.4, -0.2) is 61.1 Å². The number of carbonyl (C=O) groups excluding carboxylic acids is 1. The number of nitrogens with one attached hydrogen (secondary N) is 1. The summed E-state index contributed by atoms with van der Waals surface area (Å²) in [5, 5.41) is 21.0. The maximum Gasteiger partial charge on any atom is 0.328 e. The van der Waals surface area contributed by atoms with E-state index in [1.807, 2.05) is 5.32 Å². The van der Waals surface area contributed by atoms with Crippen molar-refractivity contribution in [2.75, 3.05) is 20.2 Å². The van der Waals surface area contributed by atoms with Crippen LogP contribution in [-0.2, 0) is 19.6 Å². The predicted octanol–water partition coefficient (Wildman–Crippen LogP) is -1.07. The van der Waals surface area contributed by atoms with Crippen LogP contribution in [0.3, 0.4) is 0 Å². The number of nitrogens with zero attached hydrogens (tertiary/aromatic N) is 1. The number of carbonyl (C=O) groups is 2. The van der Waals surface area contributed by atoms with Crippen molar-refractivity contribution in [2.45, 2.75) is 10.3 Å². The molecule has 10 heteroatoms. The molecule has 1 aromatic heterocycles. The van der Waals surface area contributed by atoms with Gasteiger partial charge >= 0.3 is 5.97 Å². The molecule has 20 heavy (non-hydrogen) atoms. The number of carboxylic acids is 1. The molecule has 0 aliphatic rings. The molecule has 112 valence electrons. The third kappa shape index (κ3) is 4.00. The van der Waals surface area contributed by atoms with E-state index in [2.05, 4.69) is 0 Å². The van der Waals surface area contributed by atoms with Crippen molar-refractivity contribution in [3.63, 3.8) is 0 Å². The quantitative estimate of drug-likeness (QED) is 0.587. The van der Waals surface area contributed by atoms with Crippen LogP contribution in [0.2, 0.25) is 0 Å². The molecular formula is C10H14N2O6S2. The minimum Gasteiger partial charge on any atom is -0.480 e. The zero-order valence-corrected chi connectivity index (χ0v) is 12.1. The van der Waals surface area contributed by atoms with Gasteiger partial charge < -0.3 is 15.5 Å². The van der Waals surface area contributed by atoms with Crippen molar-refractivity contribution < 1.29 is 28.2 Å². The lowest BCUT2D eigenvalue weighted by atomic mass is 10.3. The molecule has 0 spiro atoms. The van der Waals surface area contributed by atoms with Crippen LogP contribution in [0.25, 0.3) is 0 Å². The minimum absolute atomic E-state index is 0.0877. The first-order chi connectivity index (χ1) is 9.28. The summed E-state index contributed by atoms with van der Waals surface area (Å²) in [6.45, 7) is -1.31. The first kappa shape index (κ1) is 16.6. The lowest BCUT2D eigenvalue weighted by Gasteiger charge is -2.17. The molecule has 0 fully saturated rings. The number of sulfonamides is 1. The Morgan fingerprint density at radius 3 is 2.60 bits per heavy atom. The normalized spacial score (nSPS) is 13.2. The fraction of sp³-hybridized carbons (Fsp3) is 0.400. The fourth-order valence-electron chi connectivity index (χ4n) is 1.28. The standard InChI is InChI=1S/C10H14N2O6S2/c1-12(20(17,18)9-3-2-4-19-9)5-8(14)11-7(6-13)10(15)16/h2-4,7,13H,5-6H2,1H3,(H,11,14)(H,15,16)/t7-/m1/s1. The number of aliphatic hydroxyl groups excluding tert-OH is 1. The molecular weight excluding hydrogens is 308 g/mol. The van der Waals surface area contributed by atoms with Gasteiger partial charge in [0.25, 0.3) is 10.0 Å². The Hall–Kier alpha value is -1.49. The van der Waals surface area contributed by atoms with E-state index < -0.39 is 41.1 Å². The zero-order valence-electron chi connectivity index (χ0n) is 10.5. The highest BCUT2D eigenvalue weighted by atomic mass is 32.2. The van der Waals surface area contributed by atoms with Crippen molar-refractivity contribution in [3.8, 4) is 0 Å². The van der Waals surface area contributed by atoms with Gasteiger partial charge in [0.2, 0.25) is 5.91 Å². The molecule has 8 nitrogen and oxygen atoms in total. The van der Waals surface area contributed by atoms with Gasteiger partial charge in [0.05, 0.1) is 13.2 Å². The fourth-order valence-corrected chi connectivity index (χ4v) is 3.60. The van der Waals surface area contributed by atoms with Gasteiger partial charge in [-0.25, -0.2) is 13.2 Å². The summed E-state index contributed by atoms with van der Waals surface area (Å²) >= 11 is 1.01. The van der Waals surface area contributed by atoms with Crippen LogP contribution in [0.4, 0.5) is 0 Å². The summed E-state index contributed by atoms with van der Waals surface area (Å²) < 4.78 is 24.9. The summed E-state index contributed by atoms with van der Waals surface area (Å²) in [6.07, 6.45) is 0. The molecule has 0 saturated heterocycles. The molecule has 0 saturated carbocycles. The topological polar surface area (TPSA) is 124 Å². The second-order valence-electron chi connectivity index (χ2n) is 3.83. The Kier molecular flexibility index (Phi) is 5.62. The second kappa shape index (κ2) is 6.79. The monoisotopic (exact) mass is 322 g/mol. The van der Waals surface area contributed by atoms with Gasteiger partial charge in [-0.15, -0.1) is 11.3 Å². The maximum atomic E-state index is 12.0. The number of hydrogen-bond donors (Lipinski definition) is 3. The summed E-state index contributed by atoms with van der Waals surface area (Å²) in [6, 6.07) is 1.51. The summed E-state index contributed by atoms with van der Waals surface area (Å²) in [5.41, 5.74) is 0. The van der Waals surface area contributed by atoms with Crippen LogP contribution in [0, 0.1) is 0 Å². The number of hydrogen-bond acceptors (Lipinski definition) is 6. The number of aliphatic hydroxyl groups is 1. The molecule has 1 aromatic rings. The van der Waals surface area contributed by atoms with Gasteiger partial charge in [-0.3, -0.25) is 4.79 Å². The van der Waals surface area contributed by atoms with Gasteiger partial charge in [0.1, 0.15) is 10.3 Å². The number of amides is 1. The van der Waals surface area contributed by atoms with Crippen molar-refractivity contribution in [3.05, 3.63) is 17.5 Å². The largest absolute Gasteiger partial charge is 0.480 e. The molecule has 0 radical (unpaired) electrons. The molecule has 0 aromatic carbocycles. The first-order valence-corrected chi connectivity index (χ1v) is 7.74. The number of aliphatic carboxylic acids is 1. The number of thiophene rings is 1. The van der Waals surface area contributed by atoms with Gasteiger partial charge in [0.15, 0.2) is 0 Å². The van der Waals surface area contributed by atoms with E-state index in [1.165, 1.54) is 13.1 Å². The molecule has 1 atom stereocenters. The number of rotatable bonds is 7. The van der Waals surface area contributed by atoms with E-state index in [1.54, 1.807) is 11.4 Å². The van der Waals surface area contributed by atoms with E-state index in [9.17, 15) is 18.0 Å². The predicted molar refractivity (Wildman–Crippen MR) is 70.8 cm³/mol. The molecule has 0 aliphatic carbocycles. The first-order valence-electron chi connectivity index (χ1n) is 5.42. The third-order valence-electron chi connectivity index (χ3n) is 2.34. The number of carboxylic acid groups (broad SMARTS) is 1. The van der Waals surface area contributed by atoms with Crippen LogP contribution < -0.4 is 5.32 Å². The van der Waals surface area contributed by atoms with Gasteiger partial charge in [-0.2, -0.15) is 4.31 Å². The zero-order chi connectivity index (χ0) is 15.3. The van der Waals surface area contributed by atoms with Crippen molar-refractivity contribution in [1.82, 2.24) is 9.62 Å². The van der Waals surface area contributed by atoms with Crippen LogP contribution in [0.1, 0.15) is 0 Å². The Bertz CT molecular complexity index is 569. The highest BCUT2D eigenvalue weighted by Crippen LogP contribution is 2.19. The van der Waals surface area contributed by atoms with Gasteiger partial charge in [-0.05, 0) is 11.4 Å². The second-order valence-corrected chi connectivity index (χ2v) is 7.05. The molecule has 3 N–H and O–H groups in total. The summed E-state index contributed by atoms with van der Waals surface area (Å²) in [7, 11) is -2.56. The Labute approximate surface area is 119 Å². The SMILES string of the molecule is CN(CC(=O)N[C@H](CO)C(=O)O)S(=O)(=O)c1cccs1. The van der Waals surface area contributed by atoms with E-state index in [0.29, 0.717) is 0 Å². The third-order valence-corrected chi connectivity index (χ3v) is 5.52. The van der Waals surface area contributed by atoms with E-state index in [0.717, 1.165) is 15.6 Å². The van der Waals surface area contributed by atoms with Crippen LogP contribution in [0.5, 0.6) is 0 Å². The highest BCUT2D eigenvalue weighted by Gasteiger charge is 2.26. The average molecular weight is 322 g/mol. The van der Waals surface area contributed by atoms with Crippen molar-refractivity contribution in [1.29, 1.82) is 0 Å². The lowest BCUT2D eigenvalue weighted by molar-refractivity contribution is -0.142. The Morgan fingerprint density at radius 1 is 1.50 bits per heavy atom. The van der Waals surface area contributed by atoms with E-state index >= 15 is 0 Å². The Balaban J connectivity index is 2.69. The molecule has 1 heterocycles. The smallest absolute Gasteiger partial charge is 0.328 e. The van der Waals surface area contributed by atoms with Gasteiger partial charge in [0, 0.05) is 7.05 Å². The summed E-state index contributed by atoms with van der Waals surface area (Å²) in [4.78, 5) is 22.2. The highest BCUT2D eigenvalue weighted by molar-refractivity contribution is 7.91.